The molecule has 0 bridgehead atoms. The van der Waals surface area contributed by atoms with Gasteiger partial charge in [0.15, 0.2) is 0 Å². The number of aryl methyl sites for hydroxylation is 1. The number of likely N-dealkylation sites (N-methyl/N-ethyl adjacent to an activating group) is 1. The molecule has 96 valence electrons. The lowest BCUT2D eigenvalue weighted by atomic mass is 10.0. The zero-order chi connectivity index (χ0) is 13.1. The molecule has 0 saturated heterocycles. The predicted molar refractivity (Wildman–Crippen MR) is 81.0 cm³/mol. The van der Waals surface area contributed by atoms with Crippen LogP contribution in [0.1, 0.15) is 22.0 Å². The van der Waals surface area contributed by atoms with Gasteiger partial charge >= 0.3 is 0 Å². The van der Waals surface area contributed by atoms with Gasteiger partial charge in [0.2, 0.25) is 0 Å². The molecule has 2 aromatic rings. The minimum absolute atomic E-state index is 0.206. The van der Waals surface area contributed by atoms with Crippen LogP contribution in [0.15, 0.2) is 29.6 Å². The van der Waals surface area contributed by atoms with E-state index in [1.165, 1.54) is 5.56 Å². The largest absolute Gasteiger partial charge is 0.312 e. The van der Waals surface area contributed by atoms with Crippen molar-refractivity contribution in [3.8, 4) is 0 Å². The van der Waals surface area contributed by atoms with Crippen LogP contribution in [-0.2, 0) is 6.42 Å². The van der Waals surface area contributed by atoms with E-state index in [0.717, 1.165) is 26.9 Å². The molecule has 1 aromatic carbocycles. The van der Waals surface area contributed by atoms with Gasteiger partial charge in [-0.15, -0.1) is 11.3 Å². The van der Waals surface area contributed by atoms with Gasteiger partial charge in [-0.3, -0.25) is 0 Å². The molecule has 4 heteroatoms. The fraction of sp³-hybridized carbons (Fsp3) is 0.286. The molecule has 1 N–H and O–H groups in total. The topological polar surface area (TPSA) is 12.0 Å². The van der Waals surface area contributed by atoms with Gasteiger partial charge < -0.3 is 5.32 Å². The van der Waals surface area contributed by atoms with E-state index in [2.05, 4.69) is 17.4 Å². The van der Waals surface area contributed by atoms with E-state index >= 15 is 0 Å². The van der Waals surface area contributed by atoms with Gasteiger partial charge in [0.05, 0.1) is 5.02 Å². The molecule has 1 atom stereocenters. The number of hydrogen-bond donors (Lipinski definition) is 1. The molecule has 0 spiro atoms. The molecule has 0 aliphatic rings. The highest BCUT2D eigenvalue weighted by atomic mass is 35.5. The van der Waals surface area contributed by atoms with Crippen LogP contribution in [0.5, 0.6) is 0 Å². The van der Waals surface area contributed by atoms with Crippen LogP contribution >= 0.6 is 34.5 Å². The maximum atomic E-state index is 6.27. The first-order valence-electron chi connectivity index (χ1n) is 5.77. The fourth-order valence-electron chi connectivity index (χ4n) is 1.92. The van der Waals surface area contributed by atoms with E-state index in [-0.39, 0.29) is 6.04 Å². The van der Waals surface area contributed by atoms with Gasteiger partial charge in [-0.1, -0.05) is 35.3 Å². The first-order chi connectivity index (χ1) is 8.61. The Kier molecular flexibility index (Phi) is 4.68. The van der Waals surface area contributed by atoms with Crippen molar-refractivity contribution in [2.75, 3.05) is 7.05 Å². The van der Waals surface area contributed by atoms with Crippen molar-refractivity contribution in [2.24, 2.45) is 0 Å². The van der Waals surface area contributed by atoms with E-state index < -0.39 is 0 Å². The Balaban J connectivity index is 2.23. The first kappa shape index (κ1) is 13.9. The summed E-state index contributed by atoms with van der Waals surface area (Å²) >= 11 is 14.1. The van der Waals surface area contributed by atoms with Crippen LogP contribution in [0.25, 0.3) is 0 Å². The average Bonchev–Trinajstić information content (AvgIpc) is 2.75. The van der Waals surface area contributed by atoms with Gasteiger partial charge in [-0.25, -0.2) is 0 Å². The Hall–Kier alpha value is -0.540. The summed E-state index contributed by atoms with van der Waals surface area (Å²) < 4.78 is 0. The van der Waals surface area contributed by atoms with Crippen LogP contribution in [0.3, 0.4) is 0 Å². The Morgan fingerprint density at radius 2 is 2.00 bits per heavy atom. The molecule has 0 radical (unpaired) electrons. The maximum Gasteiger partial charge on any atom is 0.0561 e. The molecule has 0 aliphatic carbocycles. The summed E-state index contributed by atoms with van der Waals surface area (Å²) in [4.78, 5) is 1.16. The highest BCUT2D eigenvalue weighted by molar-refractivity contribution is 7.10. The van der Waals surface area contributed by atoms with Crippen molar-refractivity contribution in [1.29, 1.82) is 0 Å². The molecule has 0 saturated carbocycles. The lowest BCUT2D eigenvalue weighted by molar-refractivity contribution is 0.602. The van der Waals surface area contributed by atoms with E-state index in [9.17, 15) is 0 Å². The molecule has 18 heavy (non-hydrogen) atoms. The van der Waals surface area contributed by atoms with Crippen LogP contribution in [0, 0.1) is 6.92 Å². The smallest absolute Gasteiger partial charge is 0.0561 e. The van der Waals surface area contributed by atoms with Crippen LogP contribution in [0.2, 0.25) is 10.0 Å². The minimum Gasteiger partial charge on any atom is -0.312 e. The molecule has 1 aromatic heterocycles. The van der Waals surface area contributed by atoms with E-state index in [1.54, 1.807) is 11.3 Å². The first-order valence-corrected chi connectivity index (χ1v) is 7.40. The second kappa shape index (κ2) is 6.07. The lowest BCUT2D eigenvalue weighted by Crippen LogP contribution is -2.18. The Morgan fingerprint density at radius 3 is 2.56 bits per heavy atom. The highest BCUT2D eigenvalue weighted by Gasteiger charge is 2.16. The lowest BCUT2D eigenvalue weighted by Gasteiger charge is -2.16. The Bertz CT molecular complexity index is 536. The van der Waals surface area contributed by atoms with Gasteiger partial charge in [0.1, 0.15) is 0 Å². The highest BCUT2D eigenvalue weighted by Crippen LogP contribution is 2.32. The van der Waals surface area contributed by atoms with E-state index in [0.29, 0.717) is 0 Å². The van der Waals surface area contributed by atoms with Crippen molar-refractivity contribution in [2.45, 2.75) is 19.4 Å². The average molecular weight is 300 g/mol. The zero-order valence-electron chi connectivity index (χ0n) is 10.3. The molecule has 0 aliphatic heterocycles. The molecular weight excluding hydrogens is 285 g/mol. The van der Waals surface area contributed by atoms with Crippen molar-refractivity contribution in [1.82, 2.24) is 5.32 Å². The van der Waals surface area contributed by atoms with Gasteiger partial charge in [-0.05, 0) is 49.0 Å². The van der Waals surface area contributed by atoms with Crippen molar-refractivity contribution < 1.29 is 0 Å². The normalized spacial score (nSPS) is 12.7. The number of nitrogens with one attached hydrogen (secondary N) is 1. The van der Waals surface area contributed by atoms with Crippen LogP contribution < -0.4 is 5.32 Å². The quantitative estimate of drug-likeness (QED) is 0.849. The fourth-order valence-corrected chi connectivity index (χ4v) is 3.53. The summed E-state index contributed by atoms with van der Waals surface area (Å²) in [5.74, 6) is 0. The van der Waals surface area contributed by atoms with Crippen molar-refractivity contribution >= 4 is 34.5 Å². The summed E-state index contributed by atoms with van der Waals surface area (Å²) in [6, 6.07) is 8.31. The minimum atomic E-state index is 0.206. The summed E-state index contributed by atoms with van der Waals surface area (Å²) in [7, 11) is 1.95. The molecule has 1 heterocycles. The molecular formula is C14H15Cl2NS. The maximum absolute atomic E-state index is 6.27. The SMILES string of the molecule is CNC(Cc1ccc(C)cc1Cl)c1sccc1Cl. The third-order valence-corrected chi connectivity index (χ3v) is 4.77. The second-order valence-corrected chi connectivity index (χ2v) is 6.04. The number of rotatable bonds is 4. The molecule has 0 fully saturated rings. The monoisotopic (exact) mass is 299 g/mol. The van der Waals surface area contributed by atoms with E-state index in [1.807, 2.05) is 31.5 Å². The summed E-state index contributed by atoms with van der Waals surface area (Å²) in [6.07, 6.45) is 0.843. The van der Waals surface area contributed by atoms with Crippen molar-refractivity contribution in [3.63, 3.8) is 0 Å². The molecule has 1 nitrogen and oxygen atoms in total. The number of halogens is 2. The van der Waals surface area contributed by atoms with Crippen molar-refractivity contribution in [3.05, 3.63) is 55.7 Å². The number of thiophene rings is 1. The number of benzene rings is 1. The molecule has 0 amide bonds. The third-order valence-electron chi connectivity index (χ3n) is 2.94. The van der Waals surface area contributed by atoms with E-state index in [4.69, 9.17) is 23.2 Å². The van der Waals surface area contributed by atoms with Crippen LogP contribution in [-0.4, -0.2) is 7.05 Å². The van der Waals surface area contributed by atoms with Crippen LogP contribution in [0.4, 0.5) is 0 Å². The summed E-state index contributed by atoms with van der Waals surface area (Å²) in [5, 5.41) is 6.96. The van der Waals surface area contributed by atoms with Gasteiger partial charge in [-0.2, -0.15) is 0 Å². The summed E-state index contributed by atoms with van der Waals surface area (Å²) in [5.41, 5.74) is 2.32. The standard InChI is InChI=1S/C14H15Cl2NS/c1-9-3-4-10(12(16)7-9)8-13(17-2)14-11(15)5-6-18-14/h3-7,13,17H,8H2,1-2H3. The van der Waals surface area contributed by atoms with Gasteiger partial charge in [0.25, 0.3) is 0 Å². The predicted octanol–water partition coefficient (Wildman–Crippen LogP) is 4.87. The Labute approximate surface area is 122 Å². The zero-order valence-corrected chi connectivity index (χ0v) is 12.7. The van der Waals surface area contributed by atoms with Gasteiger partial charge in [0, 0.05) is 15.9 Å². The molecule has 1 unspecified atom stereocenters. The number of hydrogen-bond acceptors (Lipinski definition) is 2. The third kappa shape index (κ3) is 3.07. The molecule has 2 rings (SSSR count). The second-order valence-electron chi connectivity index (χ2n) is 4.27. The Morgan fingerprint density at radius 1 is 1.22 bits per heavy atom. The summed E-state index contributed by atoms with van der Waals surface area (Å²) in [6.45, 7) is 2.04.